The van der Waals surface area contributed by atoms with Crippen molar-refractivity contribution in [1.29, 1.82) is 0 Å². The lowest BCUT2D eigenvalue weighted by Crippen LogP contribution is -2.05. The standard InChI is InChI=1S/C20H18O3S/c21-24(22,15-7-6-14-23-19-10-2-1-3-11-19)20-13-12-17-8-4-5-9-18(17)16-20/h1-13,16H,14-15H2/b7-6+. The van der Waals surface area contributed by atoms with Gasteiger partial charge in [0, 0.05) is 0 Å². The third-order valence-electron chi connectivity index (χ3n) is 3.65. The van der Waals surface area contributed by atoms with E-state index in [1.54, 1.807) is 24.3 Å². The van der Waals surface area contributed by atoms with Crippen LogP contribution < -0.4 is 4.74 Å². The molecule has 0 atom stereocenters. The maximum atomic E-state index is 12.4. The summed E-state index contributed by atoms with van der Waals surface area (Å²) in [5.74, 6) is 0.725. The normalized spacial score (nSPS) is 11.8. The molecule has 3 nitrogen and oxygen atoms in total. The van der Waals surface area contributed by atoms with E-state index in [-0.39, 0.29) is 5.75 Å². The summed E-state index contributed by atoms with van der Waals surface area (Å²) in [6.07, 6.45) is 3.36. The van der Waals surface area contributed by atoms with Gasteiger partial charge in [0.15, 0.2) is 9.84 Å². The molecule has 0 aliphatic heterocycles. The predicted molar refractivity (Wildman–Crippen MR) is 97.1 cm³/mol. The van der Waals surface area contributed by atoms with Crippen LogP contribution in [0.1, 0.15) is 0 Å². The molecule has 0 bridgehead atoms. The molecule has 0 spiro atoms. The summed E-state index contributed by atoms with van der Waals surface area (Å²) in [6.45, 7) is 0.344. The van der Waals surface area contributed by atoms with Crippen LogP contribution in [0, 0.1) is 0 Å². The van der Waals surface area contributed by atoms with E-state index in [1.807, 2.05) is 60.7 Å². The van der Waals surface area contributed by atoms with Gasteiger partial charge < -0.3 is 4.74 Å². The zero-order valence-corrected chi connectivity index (χ0v) is 13.9. The summed E-state index contributed by atoms with van der Waals surface area (Å²) >= 11 is 0. The molecular formula is C20H18O3S. The second-order valence-corrected chi connectivity index (χ2v) is 7.42. The van der Waals surface area contributed by atoms with Crippen molar-refractivity contribution in [2.45, 2.75) is 4.90 Å². The molecule has 0 fully saturated rings. The number of para-hydroxylation sites is 1. The number of ether oxygens (including phenoxy) is 1. The van der Waals surface area contributed by atoms with Gasteiger partial charge in [-0.2, -0.15) is 0 Å². The maximum Gasteiger partial charge on any atom is 0.181 e. The van der Waals surface area contributed by atoms with E-state index < -0.39 is 9.84 Å². The number of fused-ring (bicyclic) bond motifs is 1. The van der Waals surface area contributed by atoms with E-state index in [1.165, 1.54) is 0 Å². The first kappa shape index (κ1) is 16.3. The molecule has 24 heavy (non-hydrogen) atoms. The first-order valence-corrected chi connectivity index (χ1v) is 9.35. The van der Waals surface area contributed by atoms with Gasteiger partial charge in [0.2, 0.25) is 0 Å². The van der Waals surface area contributed by atoms with Crippen LogP contribution >= 0.6 is 0 Å². The fourth-order valence-electron chi connectivity index (χ4n) is 2.38. The van der Waals surface area contributed by atoms with Gasteiger partial charge in [0.25, 0.3) is 0 Å². The molecule has 122 valence electrons. The Labute approximate surface area is 142 Å². The quantitative estimate of drug-likeness (QED) is 0.631. The highest BCUT2D eigenvalue weighted by Crippen LogP contribution is 2.20. The van der Waals surface area contributed by atoms with Crippen LogP contribution in [0.25, 0.3) is 10.8 Å². The Hall–Kier alpha value is -2.59. The molecule has 0 aliphatic carbocycles. The molecular weight excluding hydrogens is 320 g/mol. The monoisotopic (exact) mass is 338 g/mol. The van der Waals surface area contributed by atoms with Crippen LogP contribution in [0.4, 0.5) is 0 Å². The molecule has 0 saturated heterocycles. The summed E-state index contributed by atoms with van der Waals surface area (Å²) in [5, 5.41) is 1.96. The van der Waals surface area contributed by atoms with Gasteiger partial charge in [-0.25, -0.2) is 8.42 Å². The Bertz CT molecular complexity index is 945. The molecule has 3 rings (SSSR count). The molecule has 0 saturated carbocycles. The third-order valence-corrected chi connectivity index (χ3v) is 5.26. The zero-order chi connectivity index (χ0) is 16.8. The summed E-state index contributed by atoms with van der Waals surface area (Å²) in [6, 6.07) is 22.4. The maximum absolute atomic E-state index is 12.4. The molecule has 4 heteroatoms. The second kappa shape index (κ2) is 7.32. The molecule has 3 aromatic carbocycles. The van der Waals surface area contributed by atoms with E-state index in [4.69, 9.17) is 4.74 Å². The number of rotatable bonds is 6. The van der Waals surface area contributed by atoms with Crippen molar-refractivity contribution < 1.29 is 13.2 Å². The number of hydrogen-bond donors (Lipinski definition) is 0. The first-order valence-electron chi connectivity index (χ1n) is 7.69. The average Bonchev–Trinajstić information content (AvgIpc) is 2.62. The van der Waals surface area contributed by atoms with Gasteiger partial charge in [0.1, 0.15) is 12.4 Å². The van der Waals surface area contributed by atoms with Crippen LogP contribution in [0.15, 0.2) is 89.8 Å². The average molecular weight is 338 g/mol. The molecule has 0 heterocycles. The van der Waals surface area contributed by atoms with E-state index in [9.17, 15) is 8.42 Å². The highest BCUT2D eigenvalue weighted by Gasteiger charge is 2.12. The van der Waals surface area contributed by atoms with Crippen molar-refractivity contribution in [1.82, 2.24) is 0 Å². The fraction of sp³-hybridized carbons (Fsp3) is 0.100. The number of benzene rings is 3. The van der Waals surface area contributed by atoms with E-state index in [2.05, 4.69) is 0 Å². The van der Waals surface area contributed by atoms with Crippen LogP contribution in [0.2, 0.25) is 0 Å². The van der Waals surface area contributed by atoms with Gasteiger partial charge in [0.05, 0.1) is 10.6 Å². The van der Waals surface area contributed by atoms with Crippen molar-refractivity contribution in [2.75, 3.05) is 12.4 Å². The van der Waals surface area contributed by atoms with Crippen molar-refractivity contribution in [3.8, 4) is 5.75 Å². The van der Waals surface area contributed by atoms with Crippen LogP contribution in [0.3, 0.4) is 0 Å². The van der Waals surface area contributed by atoms with Gasteiger partial charge in [-0.3, -0.25) is 0 Å². The third kappa shape index (κ3) is 4.03. The Morgan fingerprint density at radius 2 is 1.50 bits per heavy atom. The van der Waals surface area contributed by atoms with Crippen LogP contribution in [-0.4, -0.2) is 20.8 Å². The summed E-state index contributed by atoms with van der Waals surface area (Å²) in [5.41, 5.74) is 0. The lowest BCUT2D eigenvalue weighted by Gasteiger charge is -2.04. The predicted octanol–water partition coefficient (Wildman–Crippen LogP) is 4.25. The Balaban J connectivity index is 1.63. The van der Waals surface area contributed by atoms with E-state index >= 15 is 0 Å². The smallest absolute Gasteiger partial charge is 0.181 e. The Morgan fingerprint density at radius 3 is 2.29 bits per heavy atom. The van der Waals surface area contributed by atoms with Gasteiger partial charge in [-0.1, -0.05) is 60.7 Å². The summed E-state index contributed by atoms with van der Waals surface area (Å²) < 4.78 is 30.3. The molecule has 0 unspecified atom stereocenters. The minimum atomic E-state index is -3.34. The molecule has 0 aliphatic rings. The minimum absolute atomic E-state index is 0.0382. The number of hydrogen-bond acceptors (Lipinski definition) is 3. The molecule has 0 aromatic heterocycles. The number of sulfone groups is 1. The Morgan fingerprint density at radius 1 is 0.792 bits per heavy atom. The highest BCUT2D eigenvalue weighted by molar-refractivity contribution is 7.91. The molecule has 3 aromatic rings. The minimum Gasteiger partial charge on any atom is -0.490 e. The van der Waals surface area contributed by atoms with Crippen LogP contribution in [0.5, 0.6) is 5.75 Å². The summed E-state index contributed by atoms with van der Waals surface area (Å²) in [4.78, 5) is 0.342. The van der Waals surface area contributed by atoms with Crippen molar-refractivity contribution in [3.63, 3.8) is 0 Å². The van der Waals surface area contributed by atoms with Gasteiger partial charge >= 0.3 is 0 Å². The summed E-state index contributed by atoms with van der Waals surface area (Å²) in [7, 11) is -3.34. The van der Waals surface area contributed by atoms with Crippen molar-refractivity contribution in [2.24, 2.45) is 0 Å². The molecule has 0 amide bonds. The highest BCUT2D eigenvalue weighted by atomic mass is 32.2. The van der Waals surface area contributed by atoms with E-state index in [0.29, 0.717) is 11.5 Å². The molecule has 0 N–H and O–H groups in total. The van der Waals surface area contributed by atoms with E-state index in [0.717, 1.165) is 16.5 Å². The zero-order valence-electron chi connectivity index (χ0n) is 13.1. The lowest BCUT2D eigenvalue weighted by atomic mass is 10.1. The lowest BCUT2D eigenvalue weighted by molar-refractivity contribution is 0.363. The Kier molecular flexibility index (Phi) is 4.96. The second-order valence-electron chi connectivity index (χ2n) is 5.39. The van der Waals surface area contributed by atoms with Crippen molar-refractivity contribution >= 4 is 20.6 Å². The first-order chi connectivity index (χ1) is 11.6. The molecule has 0 radical (unpaired) electrons. The largest absolute Gasteiger partial charge is 0.490 e. The fourth-order valence-corrected chi connectivity index (χ4v) is 3.54. The topological polar surface area (TPSA) is 43.4 Å². The van der Waals surface area contributed by atoms with Crippen molar-refractivity contribution in [3.05, 3.63) is 84.9 Å². The van der Waals surface area contributed by atoms with Crippen LogP contribution in [-0.2, 0) is 9.84 Å². The van der Waals surface area contributed by atoms with Gasteiger partial charge in [-0.15, -0.1) is 0 Å². The SMILES string of the molecule is O=S(=O)(C/C=C/COc1ccccc1)c1ccc2ccccc2c1. The van der Waals surface area contributed by atoms with Gasteiger partial charge in [-0.05, 0) is 35.0 Å².